The fraction of sp³-hybridized carbons (Fsp3) is 0.455. The van der Waals surface area contributed by atoms with E-state index in [4.69, 9.17) is 4.74 Å². The zero-order chi connectivity index (χ0) is 19.6. The highest BCUT2D eigenvalue weighted by molar-refractivity contribution is 7.90. The van der Waals surface area contributed by atoms with E-state index in [2.05, 4.69) is 40.4 Å². The Morgan fingerprint density at radius 3 is 2.54 bits per heavy atom. The second kappa shape index (κ2) is 8.23. The van der Waals surface area contributed by atoms with Crippen LogP contribution in [0, 0.1) is 0 Å². The molecular formula is C22H28N2O3S. The Kier molecular flexibility index (Phi) is 5.71. The van der Waals surface area contributed by atoms with Gasteiger partial charge in [-0.3, -0.25) is 0 Å². The largest absolute Gasteiger partial charge is 0.492 e. The fourth-order valence-electron chi connectivity index (χ4n) is 4.03. The molecule has 0 spiro atoms. The van der Waals surface area contributed by atoms with Gasteiger partial charge in [-0.25, -0.2) is 13.1 Å². The van der Waals surface area contributed by atoms with Gasteiger partial charge in [0.05, 0.1) is 5.25 Å². The van der Waals surface area contributed by atoms with Crippen molar-refractivity contribution in [2.45, 2.75) is 49.4 Å². The molecule has 2 atom stereocenters. The lowest BCUT2D eigenvalue weighted by Gasteiger charge is -2.34. The van der Waals surface area contributed by atoms with E-state index in [1.807, 2.05) is 25.2 Å². The molecule has 150 valence electrons. The highest BCUT2D eigenvalue weighted by atomic mass is 32.2. The summed E-state index contributed by atoms with van der Waals surface area (Å²) < 4.78 is 33.4. The van der Waals surface area contributed by atoms with Crippen molar-refractivity contribution in [3.05, 3.63) is 65.2 Å². The zero-order valence-electron chi connectivity index (χ0n) is 16.2. The van der Waals surface area contributed by atoms with Crippen LogP contribution in [-0.4, -0.2) is 33.4 Å². The third kappa shape index (κ3) is 4.09. The van der Waals surface area contributed by atoms with E-state index in [-0.39, 0.29) is 17.2 Å². The molecule has 2 aromatic carbocycles. The first-order valence-corrected chi connectivity index (χ1v) is 11.6. The molecule has 2 N–H and O–H groups in total. The van der Waals surface area contributed by atoms with E-state index in [1.54, 1.807) is 0 Å². The van der Waals surface area contributed by atoms with E-state index in [9.17, 15) is 8.42 Å². The molecule has 0 saturated heterocycles. The average Bonchev–Trinajstić information content (AvgIpc) is 2.66. The molecule has 0 aromatic heterocycles. The summed E-state index contributed by atoms with van der Waals surface area (Å²) in [4.78, 5) is 0. The summed E-state index contributed by atoms with van der Waals surface area (Å²) in [6, 6.07) is 16.7. The lowest BCUT2D eigenvalue weighted by Crippen LogP contribution is -2.41. The SMILES string of the molecule is CNC1COc2ccc(CNS(=O)(=O)C3CCC3)cc2C1Cc1ccccc1. The normalized spacial score (nSPS) is 22.2. The summed E-state index contributed by atoms with van der Waals surface area (Å²) >= 11 is 0. The maximum atomic E-state index is 12.3. The van der Waals surface area contributed by atoms with Crippen LogP contribution < -0.4 is 14.8 Å². The number of ether oxygens (including phenoxy) is 1. The molecule has 2 unspecified atom stereocenters. The quantitative estimate of drug-likeness (QED) is 0.750. The van der Waals surface area contributed by atoms with E-state index >= 15 is 0 Å². The molecule has 0 amide bonds. The van der Waals surface area contributed by atoms with E-state index in [0.29, 0.717) is 13.2 Å². The summed E-state index contributed by atoms with van der Waals surface area (Å²) in [6.45, 7) is 0.961. The van der Waals surface area contributed by atoms with Crippen molar-refractivity contribution >= 4 is 10.0 Å². The van der Waals surface area contributed by atoms with Gasteiger partial charge in [0.2, 0.25) is 10.0 Å². The van der Waals surface area contributed by atoms with Gasteiger partial charge in [0.1, 0.15) is 12.4 Å². The van der Waals surface area contributed by atoms with Crippen LogP contribution in [-0.2, 0) is 23.0 Å². The predicted molar refractivity (Wildman–Crippen MR) is 111 cm³/mol. The topological polar surface area (TPSA) is 67.4 Å². The van der Waals surface area contributed by atoms with Crippen molar-refractivity contribution in [3.63, 3.8) is 0 Å². The minimum Gasteiger partial charge on any atom is -0.492 e. The Labute approximate surface area is 167 Å². The smallest absolute Gasteiger partial charge is 0.214 e. The molecule has 1 fully saturated rings. The van der Waals surface area contributed by atoms with Crippen molar-refractivity contribution in [2.24, 2.45) is 0 Å². The number of sulfonamides is 1. The minimum atomic E-state index is -3.21. The van der Waals surface area contributed by atoms with Gasteiger partial charge >= 0.3 is 0 Å². The predicted octanol–water partition coefficient (Wildman–Crippen LogP) is 2.97. The third-order valence-corrected chi connectivity index (χ3v) is 7.91. The monoisotopic (exact) mass is 400 g/mol. The fourth-order valence-corrected chi connectivity index (χ4v) is 5.59. The van der Waals surface area contributed by atoms with Gasteiger partial charge in [-0.05, 0) is 49.1 Å². The lowest BCUT2D eigenvalue weighted by atomic mass is 9.83. The molecule has 0 bridgehead atoms. The molecule has 6 heteroatoms. The highest BCUT2D eigenvalue weighted by Crippen LogP contribution is 2.37. The molecule has 1 saturated carbocycles. The summed E-state index contributed by atoms with van der Waals surface area (Å²) in [7, 11) is -1.25. The Morgan fingerprint density at radius 2 is 1.86 bits per heavy atom. The van der Waals surface area contributed by atoms with Crippen LogP contribution in [0.15, 0.2) is 48.5 Å². The van der Waals surface area contributed by atoms with Gasteiger partial charge in [-0.2, -0.15) is 0 Å². The van der Waals surface area contributed by atoms with Crippen LogP contribution in [0.2, 0.25) is 0 Å². The first-order valence-electron chi connectivity index (χ1n) is 10.0. The van der Waals surface area contributed by atoms with E-state index < -0.39 is 10.0 Å². The molecule has 1 heterocycles. The second-order valence-corrected chi connectivity index (χ2v) is 9.84. The van der Waals surface area contributed by atoms with E-state index in [0.717, 1.165) is 42.6 Å². The molecule has 28 heavy (non-hydrogen) atoms. The zero-order valence-corrected chi connectivity index (χ0v) is 17.0. The van der Waals surface area contributed by atoms with Crippen LogP contribution in [0.25, 0.3) is 0 Å². The maximum Gasteiger partial charge on any atom is 0.214 e. The molecule has 5 nitrogen and oxygen atoms in total. The number of nitrogens with one attached hydrogen (secondary N) is 2. The summed E-state index contributed by atoms with van der Waals surface area (Å²) in [6.07, 6.45) is 3.47. The first kappa shape index (κ1) is 19.4. The van der Waals surface area contributed by atoms with Crippen molar-refractivity contribution in [3.8, 4) is 5.75 Å². The molecule has 0 radical (unpaired) electrons. The van der Waals surface area contributed by atoms with Crippen LogP contribution in [0.1, 0.15) is 41.9 Å². The lowest BCUT2D eigenvalue weighted by molar-refractivity contribution is 0.218. The number of hydrogen-bond acceptors (Lipinski definition) is 4. The molecule has 2 aromatic rings. The van der Waals surface area contributed by atoms with Crippen molar-refractivity contribution < 1.29 is 13.2 Å². The number of likely N-dealkylation sites (N-methyl/N-ethyl adjacent to an activating group) is 1. The van der Waals surface area contributed by atoms with E-state index in [1.165, 1.54) is 5.56 Å². The molecule has 4 rings (SSSR count). The number of fused-ring (bicyclic) bond motifs is 1. The van der Waals surface area contributed by atoms with Crippen LogP contribution >= 0.6 is 0 Å². The Bertz CT molecular complexity index is 911. The minimum absolute atomic E-state index is 0.215. The number of hydrogen-bond donors (Lipinski definition) is 2. The van der Waals surface area contributed by atoms with Gasteiger partial charge < -0.3 is 10.1 Å². The highest BCUT2D eigenvalue weighted by Gasteiger charge is 2.32. The second-order valence-electron chi connectivity index (χ2n) is 7.79. The summed E-state index contributed by atoms with van der Waals surface area (Å²) in [5, 5.41) is 3.17. The first-order chi connectivity index (χ1) is 13.6. The van der Waals surface area contributed by atoms with Crippen LogP contribution in [0.5, 0.6) is 5.75 Å². The standard InChI is InChI=1S/C22H28N2O3S/c1-23-21-15-27-22-11-10-17(14-24-28(25,26)18-8-5-9-18)13-20(22)19(21)12-16-6-3-2-4-7-16/h2-4,6-7,10-11,13,18-19,21,23-24H,5,8-9,12,14-15H2,1H3. The van der Waals surface area contributed by atoms with Gasteiger partial charge in [0, 0.05) is 18.5 Å². The van der Waals surface area contributed by atoms with Crippen LogP contribution in [0.4, 0.5) is 0 Å². The van der Waals surface area contributed by atoms with Gasteiger partial charge in [-0.15, -0.1) is 0 Å². The molecule has 1 aliphatic heterocycles. The Balaban J connectivity index is 1.55. The summed E-state index contributed by atoms with van der Waals surface area (Å²) in [5.74, 6) is 1.18. The van der Waals surface area contributed by atoms with Crippen molar-refractivity contribution in [1.82, 2.24) is 10.0 Å². The Morgan fingerprint density at radius 1 is 1.07 bits per heavy atom. The third-order valence-electron chi connectivity index (χ3n) is 6.02. The Hall–Kier alpha value is -1.89. The number of rotatable bonds is 7. The molecular weight excluding hydrogens is 372 g/mol. The van der Waals surface area contributed by atoms with Gasteiger partial charge in [0.15, 0.2) is 0 Å². The maximum absolute atomic E-state index is 12.3. The average molecular weight is 401 g/mol. The molecule has 2 aliphatic rings. The van der Waals surface area contributed by atoms with Gasteiger partial charge in [-0.1, -0.05) is 48.9 Å². The molecule has 1 aliphatic carbocycles. The van der Waals surface area contributed by atoms with Crippen molar-refractivity contribution in [1.29, 1.82) is 0 Å². The van der Waals surface area contributed by atoms with Gasteiger partial charge in [0.25, 0.3) is 0 Å². The number of benzene rings is 2. The van der Waals surface area contributed by atoms with Crippen molar-refractivity contribution in [2.75, 3.05) is 13.7 Å². The van der Waals surface area contributed by atoms with Crippen LogP contribution in [0.3, 0.4) is 0 Å². The summed E-state index contributed by atoms with van der Waals surface area (Å²) in [5.41, 5.74) is 3.41.